The van der Waals surface area contributed by atoms with E-state index in [0.29, 0.717) is 11.1 Å². The predicted octanol–water partition coefficient (Wildman–Crippen LogP) is 1.34. The van der Waals surface area contributed by atoms with E-state index in [0.717, 1.165) is 0 Å². The van der Waals surface area contributed by atoms with Gasteiger partial charge in [-0.05, 0) is 18.6 Å². The monoisotopic (exact) mass is 246 g/mol. The van der Waals surface area contributed by atoms with Gasteiger partial charge in [-0.1, -0.05) is 30.3 Å². The number of ether oxygens (including phenoxy) is 1. The van der Waals surface area contributed by atoms with Crippen molar-refractivity contribution in [2.75, 3.05) is 6.61 Å². The van der Waals surface area contributed by atoms with E-state index in [2.05, 4.69) is 0 Å². The fourth-order valence-electron chi connectivity index (χ4n) is 1.96. The molecule has 0 aliphatic heterocycles. The van der Waals surface area contributed by atoms with Gasteiger partial charge in [0, 0.05) is 5.57 Å². The number of rotatable bonds is 3. The van der Waals surface area contributed by atoms with Crippen molar-refractivity contribution in [3.63, 3.8) is 0 Å². The summed E-state index contributed by atoms with van der Waals surface area (Å²) in [6.45, 7) is 1.82. The Balaban J connectivity index is 2.33. The number of ketones is 1. The largest absolute Gasteiger partial charge is 0.464 e. The maximum atomic E-state index is 11.9. The number of carbonyl (C=O) groups is 2. The normalized spacial score (nSPS) is 22.8. The summed E-state index contributed by atoms with van der Waals surface area (Å²) in [5.41, 5.74) is -0.757. The van der Waals surface area contributed by atoms with Gasteiger partial charge in [0.1, 0.15) is 0 Å². The molecule has 0 saturated carbocycles. The number of benzene rings is 1. The summed E-state index contributed by atoms with van der Waals surface area (Å²) in [5.74, 6) is -1.03. The van der Waals surface area contributed by atoms with Gasteiger partial charge < -0.3 is 9.84 Å². The smallest absolute Gasteiger partial charge is 0.342 e. The lowest BCUT2D eigenvalue weighted by molar-refractivity contribution is -0.160. The standard InChI is InChI=1S/C14H14O4/c1-2-18-13(16)14(17)8-11(12(15)9-14)10-6-4-3-5-7-10/h3-8,17H,2,9H2,1H3. The molecule has 1 unspecified atom stereocenters. The van der Waals surface area contributed by atoms with Crippen molar-refractivity contribution in [1.29, 1.82) is 0 Å². The van der Waals surface area contributed by atoms with Gasteiger partial charge in [0.25, 0.3) is 0 Å². The number of Topliss-reactive ketones (excluding diaryl/α,β-unsaturated/α-hetero) is 1. The lowest BCUT2D eigenvalue weighted by Gasteiger charge is -2.16. The number of carbonyl (C=O) groups excluding carboxylic acids is 2. The molecule has 0 bridgehead atoms. The minimum atomic E-state index is -1.82. The van der Waals surface area contributed by atoms with Crippen LogP contribution in [0.4, 0.5) is 0 Å². The molecule has 0 spiro atoms. The third-order valence-electron chi connectivity index (χ3n) is 2.83. The molecular formula is C14H14O4. The Bertz CT molecular complexity index is 504. The number of hydrogen-bond acceptors (Lipinski definition) is 4. The Kier molecular flexibility index (Phi) is 3.30. The SMILES string of the molecule is CCOC(=O)C1(O)C=C(c2ccccc2)C(=O)C1. The first kappa shape index (κ1) is 12.5. The highest BCUT2D eigenvalue weighted by Gasteiger charge is 2.44. The number of esters is 1. The first-order valence-electron chi connectivity index (χ1n) is 5.78. The van der Waals surface area contributed by atoms with Crippen LogP contribution in [0, 0.1) is 0 Å². The molecule has 94 valence electrons. The van der Waals surface area contributed by atoms with Crippen LogP contribution in [0.3, 0.4) is 0 Å². The molecule has 0 fully saturated rings. The molecule has 0 radical (unpaired) electrons. The fraction of sp³-hybridized carbons (Fsp3) is 0.286. The van der Waals surface area contributed by atoms with Gasteiger partial charge in [0.2, 0.25) is 0 Å². The van der Waals surface area contributed by atoms with Crippen LogP contribution in [0.15, 0.2) is 36.4 Å². The summed E-state index contributed by atoms with van der Waals surface area (Å²) < 4.78 is 4.78. The molecule has 0 amide bonds. The summed E-state index contributed by atoms with van der Waals surface area (Å²) in [4.78, 5) is 23.5. The molecule has 4 heteroatoms. The molecule has 4 nitrogen and oxygen atoms in total. The van der Waals surface area contributed by atoms with Crippen LogP contribution in [-0.2, 0) is 14.3 Å². The maximum Gasteiger partial charge on any atom is 0.342 e. The quantitative estimate of drug-likeness (QED) is 0.817. The van der Waals surface area contributed by atoms with Crippen molar-refractivity contribution in [2.45, 2.75) is 18.9 Å². The van der Waals surface area contributed by atoms with Crippen molar-refractivity contribution in [1.82, 2.24) is 0 Å². The summed E-state index contributed by atoms with van der Waals surface area (Å²) in [7, 11) is 0. The summed E-state index contributed by atoms with van der Waals surface area (Å²) in [6, 6.07) is 8.96. The molecule has 1 aromatic carbocycles. The van der Waals surface area contributed by atoms with E-state index in [1.165, 1.54) is 6.08 Å². The molecule has 1 atom stereocenters. The van der Waals surface area contributed by atoms with Gasteiger partial charge in [-0.2, -0.15) is 0 Å². The molecule has 1 aliphatic rings. The van der Waals surface area contributed by atoms with Crippen molar-refractivity contribution in [2.24, 2.45) is 0 Å². The topological polar surface area (TPSA) is 63.6 Å². The van der Waals surface area contributed by atoms with Gasteiger partial charge in [0.15, 0.2) is 11.4 Å². The minimum Gasteiger partial charge on any atom is -0.464 e. The predicted molar refractivity (Wildman–Crippen MR) is 65.6 cm³/mol. The van der Waals surface area contributed by atoms with Crippen molar-refractivity contribution in [3.8, 4) is 0 Å². The Labute approximate surface area is 105 Å². The number of aliphatic hydroxyl groups is 1. The van der Waals surface area contributed by atoms with Crippen LogP contribution in [0.5, 0.6) is 0 Å². The molecule has 1 aromatic rings. The summed E-state index contributed by atoms with van der Waals surface area (Å²) >= 11 is 0. The van der Waals surface area contributed by atoms with Crippen molar-refractivity contribution < 1.29 is 19.4 Å². The average molecular weight is 246 g/mol. The highest BCUT2D eigenvalue weighted by atomic mass is 16.5. The molecule has 0 heterocycles. The molecule has 0 saturated heterocycles. The Morgan fingerprint density at radius 2 is 2.06 bits per heavy atom. The van der Waals surface area contributed by atoms with Crippen LogP contribution >= 0.6 is 0 Å². The van der Waals surface area contributed by atoms with Crippen molar-refractivity contribution in [3.05, 3.63) is 42.0 Å². The van der Waals surface area contributed by atoms with Crippen LogP contribution in [0.1, 0.15) is 18.9 Å². The van der Waals surface area contributed by atoms with E-state index >= 15 is 0 Å². The second-order valence-electron chi connectivity index (χ2n) is 4.17. The second kappa shape index (κ2) is 4.74. The highest BCUT2D eigenvalue weighted by Crippen LogP contribution is 2.32. The maximum absolute atomic E-state index is 11.9. The Morgan fingerprint density at radius 3 is 2.67 bits per heavy atom. The van der Waals surface area contributed by atoms with E-state index in [9.17, 15) is 14.7 Å². The summed E-state index contributed by atoms with van der Waals surface area (Å²) in [5, 5.41) is 10.1. The van der Waals surface area contributed by atoms with Gasteiger partial charge in [-0.25, -0.2) is 4.79 Å². The van der Waals surface area contributed by atoms with E-state index in [1.807, 2.05) is 6.07 Å². The zero-order chi connectivity index (χ0) is 13.2. The Morgan fingerprint density at radius 1 is 1.39 bits per heavy atom. The first-order valence-corrected chi connectivity index (χ1v) is 5.78. The van der Waals surface area contributed by atoms with E-state index in [1.54, 1.807) is 31.2 Å². The van der Waals surface area contributed by atoms with E-state index in [-0.39, 0.29) is 18.8 Å². The highest BCUT2D eigenvalue weighted by molar-refractivity contribution is 6.25. The zero-order valence-electron chi connectivity index (χ0n) is 10.1. The van der Waals surface area contributed by atoms with Gasteiger partial charge in [-0.3, -0.25) is 4.79 Å². The first-order chi connectivity index (χ1) is 8.57. The molecule has 18 heavy (non-hydrogen) atoms. The van der Waals surface area contributed by atoms with Gasteiger partial charge in [-0.15, -0.1) is 0 Å². The zero-order valence-corrected chi connectivity index (χ0v) is 10.1. The minimum absolute atomic E-state index is 0.170. The lowest BCUT2D eigenvalue weighted by atomic mass is 10.0. The molecule has 0 aromatic heterocycles. The molecule has 1 N–H and O–H groups in total. The van der Waals surface area contributed by atoms with E-state index in [4.69, 9.17) is 4.74 Å². The third kappa shape index (κ3) is 2.19. The molecular weight excluding hydrogens is 232 g/mol. The lowest BCUT2D eigenvalue weighted by Crippen LogP contribution is -2.37. The van der Waals surface area contributed by atoms with Crippen LogP contribution in [-0.4, -0.2) is 29.1 Å². The molecule has 1 aliphatic carbocycles. The van der Waals surface area contributed by atoms with Crippen LogP contribution in [0.25, 0.3) is 5.57 Å². The van der Waals surface area contributed by atoms with Crippen LogP contribution < -0.4 is 0 Å². The summed E-state index contributed by atoms with van der Waals surface area (Å²) in [6.07, 6.45) is 1.04. The number of allylic oxidation sites excluding steroid dienone is 1. The van der Waals surface area contributed by atoms with Crippen LogP contribution in [0.2, 0.25) is 0 Å². The van der Waals surface area contributed by atoms with Crippen molar-refractivity contribution >= 4 is 17.3 Å². The molecule has 2 rings (SSSR count). The average Bonchev–Trinajstić information content (AvgIpc) is 2.68. The fourth-order valence-corrected chi connectivity index (χ4v) is 1.96. The number of hydrogen-bond donors (Lipinski definition) is 1. The van der Waals surface area contributed by atoms with Gasteiger partial charge in [0.05, 0.1) is 13.0 Å². The third-order valence-corrected chi connectivity index (χ3v) is 2.83. The Hall–Kier alpha value is -1.94. The van der Waals surface area contributed by atoms with E-state index < -0.39 is 11.6 Å². The second-order valence-corrected chi connectivity index (χ2v) is 4.17. The van der Waals surface area contributed by atoms with Gasteiger partial charge >= 0.3 is 5.97 Å².